The van der Waals surface area contributed by atoms with Gasteiger partial charge in [0.05, 0.1) is 17.1 Å². The van der Waals surface area contributed by atoms with Crippen molar-refractivity contribution in [3.63, 3.8) is 0 Å². The van der Waals surface area contributed by atoms with Crippen LogP contribution in [0.25, 0.3) is 22.6 Å². The van der Waals surface area contributed by atoms with E-state index < -0.39 is 0 Å². The smallest absolute Gasteiger partial charge is 0.258 e. The third-order valence-corrected chi connectivity index (χ3v) is 6.35. The Bertz CT molecular complexity index is 1290. The van der Waals surface area contributed by atoms with Crippen LogP contribution < -0.4 is 10.5 Å². The number of nitrogens with zero attached hydrogens (tertiary/aromatic N) is 6. The number of rotatable bonds is 2. The molecule has 5 rings (SSSR count). The maximum absolute atomic E-state index is 12.9. The highest BCUT2D eigenvalue weighted by atomic mass is 127. The Morgan fingerprint density at radius 3 is 2.55 bits per heavy atom. The van der Waals surface area contributed by atoms with Crippen molar-refractivity contribution in [1.82, 2.24) is 21.9 Å². The van der Waals surface area contributed by atoms with E-state index in [1.54, 1.807) is 10.5 Å². The minimum atomic E-state index is -0.0704. The predicted octanol–water partition coefficient (Wildman–Crippen LogP) is 3.10. The highest BCUT2D eigenvalue weighted by molar-refractivity contribution is 14.1. The summed E-state index contributed by atoms with van der Waals surface area (Å²) in [7, 11) is 0. The maximum Gasteiger partial charge on any atom is 0.258 e. The van der Waals surface area contributed by atoms with Crippen molar-refractivity contribution >= 4 is 39.8 Å². The second-order valence-electron chi connectivity index (χ2n) is 7.52. The topological polar surface area (TPSA) is 58.2 Å². The molecule has 0 unspecified atom stereocenters. The molecule has 1 saturated heterocycles. The minimum absolute atomic E-state index is 0.0704. The molecular weight excluding hydrogens is 479 g/mol. The molecule has 0 bridgehead atoms. The zero-order valence-corrected chi connectivity index (χ0v) is 18.5. The fraction of sp³-hybridized carbons (Fsp3) is 0.286. The van der Waals surface area contributed by atoms with Crippen LogP contribution in [0.4, 0.5) is 5.69 Å². The van der Waals surface area contributed by atoms with Crippen molar-refractivity contribution in [2.24, 2.45) is 0 Å². The van der Waals surface area contributed by atoms with E-state index in [9.17, 15) is 4.79 Å². The predicted molar refractivity (Wildman–Crippen MR) is 123 cm³/mol. The second-order valence-corrected chi connectivity index (χ2v) is 8.88. The molecule has 0 radical (unpaired) electrons. The van der Waals surface area contributed by atoms with Crippen LogP contribution in [0.1, 0.15) is 11.3 Å². The molecule has 1 fully saturated rings. The lowest BCUT2D eigenvalue weighted by atomic mass is 10.1. The van der Waals surface area contributed by atoms with Crippen molar-refractivity contribution in [3.8, 4) is 11.3 Å². The molecule has 0 aromatic carbocycles. The normalized spacial score (nSPS) is 15.5. The lowest BCUT2D eigenvalue weighted by Gasteiger charge is -2.32. The van der Waals surface area contributed by atoms with E-state index in [0.29, 0.717) is 11.3 Å². The average molecular weight is 500 g/mol. The Balaban J connectivity index is 1.57. The lowest BCUT2D eigenvalue weighted by Crippen LogP contribution is -2.42. The monoisotopic (exact) mass is 500 g/mol. The zero-order valence-electron chi connectivity index (χ0n) is 16.3. The summed E-state index contributed by atoms with van der Waals surface area (Å²) in [5, 5.41) is 0. The van der Waals surface area contributed by atoms with Crippen LogP contribution in [0.2, 0.25) is 0 Å². The molecule has 29 heavy (non-hydrogen) atoms. The summed E-state index contributed by atoms with van der Waals surface area (Å²) in [6.45, 7) is 7.95. The van der Waals surface area contributed by atoms with Gasteiger partial charge in [-0.15, -0.1) is 0 Å². The Labute approximate surface area is 182 Å². The molecule has 7 nitrogen and oxygen atoms in total. The molecule has 0 N–H and O–H groups in total. The van der Waals surface area contributed by atoms with Crippen molar-refractivity contribution in [2.75, 3.05) is 31.1 Å². The van der Waals surface area contributed by atoms with Gasteiger partial charge in [-0.2, -0.15) is 0 Å². The van der Waals surface area contributed by atoms with Crippen molar-refractivity contribution in [1.29, 1.82) is 0 Å². The molecule has 148 valence electrons. The van der Waals surface area contributed by atoms with E-state index in [0.717, 1.165) is 54.3 Å². The van der Waals surface area contributed by atoms with E-state index in [1.807, 2.05) is 49.0 Å². The summed E-state index contributed by atoms with van der Waals surface area (Å²) in [5.74, 6) is 0. The lowest BCUT2D eigenvalue weighted by molar-refractivity contribution is 0.460. The molecule has 1 aliphatic heterocycles. The number of piperazine rings is 1. The minimum Gasteiger partial charge on any atom is -0.368 e. The number of aromatic nitrogens is 4. The van der Waals surface area contributed by atoms with Gasteiger partial charge >= 0.3 is 0 Å². The highest BCUT2D eigenvalue weighted by Crippen LogP contribution is 2.22. The fourth-order valence-electron chi connectivity index (χ4n) is 3.90. The molecule has 0 spiro atoms. The third kappa shape index (κ3) is 3.40. The van der Waals surface area contributed by atoms with Gasteiger partial charge in [0.15, 0.2) is 0 Å². The van der Waals surface area contributed by atoms with Gasteiger partial charge in [0.25, 0.3) is 5.56 Å². The number of pyridine rings is 2. The van der Waals surface area contributed by atoms with Gasteiger partial charge in [-0.05, 0) is 37.6 Å². The molecule has 0 saturated carbocycles. The zero-order chi connectivity index (χ0) is 20.1. The Morgan fingerprint density at radius 1 is 0.966 bits per heavy atom. The van der Waals surface area contributed by atoms with Crippen molar-refractivity contribution in [3.05, 3.63) is 64.5 Å². The third-order valence-electron chi connectivity index (χ3n) is 5.39. The average Bonchev–Trinajstić information content (AvgIpc) is 3.09. The van der Waals surface area contributed by atoms with E-state index >= 15 is 0 Å². The Hall–Kier alpha value is -2.46. The van der Waals surface area contributed by atoms with Gasteiger partial charge in [-0.25, -0.2) is 13.1 Å². The van der Waals surface area contributed by atoms with E-state index in [-0.39, 0.29) is 5.56 Å². The number of halogens is 1. The van der Waals surface area contributed by atoms with E-state index in [4.69, 9.17) is 4.98 Å². The first-order chi connectivity index (χ1) is 14.0. The van der Waals surface area contributed by atoms with E-state index in [2.05, 4.69) is 41.9 Å². The van der Waals surface area contributed by atoms with Crippen LogP contribution in [0.5, 0.6) is 0 Å². The SMILES string of the molecule is Cc1cn2cc(-c3cc(=O)n4cc(N5CCN(I)CC5)ccc4n3)cc(C)c2n1. The summed E-state index contributed by atoms with van der Waals surface area (Å²) in [6, 6.07) is 7.65. The van der Waals surface area contributed by atoms with Gasteiger partial charge in [0.2, 0.25) is 0 Å². The Morgan fingerprint density at radius 2 is 1.76 bits per heavy atom. The van der Waals surface area contributed by atoms with Crippen LogP contribution >= 0.6 is 22.9 Å². The van der Waals surface area contributed by atoms with Gasteiger partial charge in [-0.1, -0.05) is 0 Å². The standard InChI is InChI=1S/C21H21IN6O/c1-14-9-16(12-26-11-15(2)23-21(14)26)18-10-20(29)28-13-17(3-4-19(28)24-18)25-5-7-27(22)8-6-25/h3-4,9-13H,5-8H2,1-2H3. The molecule has 0 atom stereocenters. The summed E-state index contributed by atoms with van der Waals surface area (Å²) in [5.41, 5.74) is 6.19. The molecule has 4 aromatic heterocycles. The van der Waals surface area contributed by atoms with Crippen LogP contribution in [-0.4, -0.2) is 48.1 Å². The van der Waals surface area contributed by atoms with Crippen molar-refractivity contribution in [2.45, 2.75) is 13.8 Å². The number of fused-ring (bicyclic) bond motifs is 2. The van der Waals surface area contributed by atoms with Gasteiger partial charge < -0.3 is 9.30 Å². The highest BCUT2D eigenvalue weighted by Gasteiger charge is 2.16. The van der Waals surface area contributed by atoms with Crippen molar-refractivity contribution < 1.29 is 0 Å². The summed E-state index contributed by atoms with van der Waals surface area (Å²) >= 11 is 2.36. The van der Waals surface area contributed by atoms with Gasteiger partial charge in [0, 0.05) is 79.3 Å². The fourth-order valence-corrected chi connectivity index (χ4v) is 4.33. The van der Waals surface area contributed by atoms with Crippen LogP contribution in [0, 0.1) is 13.8 Å². The quantitative estimate of drug-likeness (QED) is 0.313. The first kappa shape index (κ1) is 18.6. The largest absolute Gasteiger partial charge is 0.368 e. The molecular formula is C21H21IN6O. The van der Waals surface area contributed by atoms with Crippen LogP contribution in [-0.2, 0) is 0 Å². The summed E-state index contributed by atoms with van der Waals surface area (Å²) in [6.07, 6.45) is 5.88. The maximum atomic E-state index is 12.9. The van der Waals surface area contributed by atoms with Gasteiger partial charge in [-0.3, -0.25) is 9.20 Å². The molecule has 0 aliphatic carbocycles. The molecule has 8 heteroatoms. The van der Waals surface area contributed by atoms with Gasteiger partial charge in [0.1, 0.15) is 11.3 Å². The van der Waals surface area contributed by atoms with Crippen LogP contribution in [0.3, 0.4) is 0 Å². The number of hydrogen-bond acceptors (Lipinski definition) is 5. The number of anilines is 1. The molecule has 1 aliphatic rings. The molecule has 5 heterocycles. The Kier molecular flexibility index (Phi) is 4.54. The van der Waals surface area contributed by atoms with Crippen LogP contribution in [0.15, 0.2) is 47.7 Å². The molecule has 0 amide bonds. The number of hydrogen-bond donors (Lipinski definition) is 0. The summed E-state index contributed by atoms with van der Waals surface area (Å²) < 4.78 is 5.93. The first-order valence-corrected chi connectivity index (χ1v) is 10.6. The second kappa shape index (κ2) is 7.10. The number of aryl methyl sites for hydroxylation is 2. The van der Waals surface area contributed by atoms with E-state index in [1.165, 1.54) is 0 Å². The summed E-state index contributed by atoms with van der Waals surface area (Å²) in [4.78, 5) is 24.5. The number of imidazole rings is 1. The first-order valence-electron chi connectivity index (χ1n) is 9.63. The molecule has 4 aromatic rings.